The number of carboxylic acids is 1. The lowest BCUT2D eigenvalue weighted by molar-refractivity contribution is -0.143. The molecule has 0 fully saturated rings. The monoisotopic (exact) mass is 358 g/mol. The van der Waals surface area contributed by atoms with Crippen molar-refractivity contribution in [1.82, 2.24) is 10.6 Å². The van der Waals surface area contributed by atoms with Crippen molar-refractivity contribution in [2.24, 2.45) is 0 Å². The van der Waals surface area contributed by atoms with E-state index in [2.05, 4.69) is 31.3 Å². The van der Waals surface area contributed by atoms with Crippen molar-refractivity contribution in [1.29, 1.82) is 0 Å². The van der Waals surface area contributed by atoms with E-state index >= 15 is 0 Å². The first-order valence-electron chi connectivity index (χ1n) is 5.99. The lowest BCUT2D eigenvalue weighted by atomic mass is 10.2. The largest absolute Gasteiger partial charge is 0.480 e. The minimum Gasteiger partial charge on any atom is -0.480 e. The third-order valence-electron chi connectivity index (χ3n) is 2.49. The number of amides is 2. The summed E-state index contributed by atoms with van der Waals surface area (Å²) in [6.07, 6.45) is 0. The molecule has 0 radical (unpaired) electrons. The molecule has 114 valence electrons. The highest BCUT2D eigenvalue weighted by Crippen LogP contribution is 2.15. The molecule has 0 aliphatic rings. The van der Waals surface area contributed by atoms with E-state index in [9.17, 15) is 14.4 Å². The number of nitrogens with one attached hydrogen (secondary N) is 2. The maximum atomic E-state index is 11.9. The van der Waals surface area contributed by atoms with Crippen molar-refractivity contribution in [3.8, 4) is 0 Å². The summed E-state index contributed by atoms with van der Waals surface area (Å²) in [6, 6.07) is 5.60. The topological polar surface area (TPSA) is 105 Å². The van der Waals surface area contributed by atoms with Gasteiger partial charge < -0.3 is 20.5 Å². The SMILES string of the molecule is COCC(NC(=O)CNC(=O)c1ccccc1Br)C(=O)O. The maximum Gasteiger partial charge on any atom is 0.328 e. The Morgan fingerprint density at radius 2 is 2.00 bits per heavy atom. The Labute approximate surface area is 129 Å². The number of aliphatic carboxylic acids is 1. The lowest BCUT2D eigenvalue weighted by Gasteiger charge is -2.13. The fraction of sp³-hybridized carbons (Fsp3) is 0.308. The van der Waals surface area contributed by atoms with E-state index in [0.717, 1.165) is 0 Å². The number of rotatable bonds is 7. The number of carbonyl (C=O) groups is 3. The molecule has 1 aromatic carbocycles. The average Bonchev–Trinajstić information content (AvgIpc) is 2.44. The molecule has 7 nitrogen and oxygen atoms in total. The fourth-order valence-corrected chi connectivity index (χ4v) is 1.95. The highest BCUT2D eigenvalue weighted by atomic mass is 79.9. The van der Waals surface area contributed by atoms with Crippen LogP contribution in [0.5, 0.6) is 0 Å². The molecule has 0 aliphatic heterocycles. The highest BCUT2D eigenvalue weighted by molar-refractivity contribution is 9.10. The zero-order valence-electron chi connectivity index (χ0n) is 11.3. The first kappa shape index (κ1) is 17.1. The molecule has 0 spiro atoms. The van der Waals surface area contributed by atoms with E-state index in [1.807, 2.05) is 0 Å². The van der Waals surface area contributed by atoms with Gasteiger partial charge in [0.1, 0.15) is 0 Å². The van der Waals surface area contributed by atoms with Crippen LogP contribution >= 0.6 is 15.9 Å². The summed E-state index contributed by atoms with van der Waals surface area (Å²) in [7, 11) is 1.33. The van der Waals surface area contributed by atoms with E-state index in [0.29, 0.717) is 10.0 Å². The van der Waals surface area contributed by atoms with Crippen molar-refractivity contribution >= 4 is 33.7 Å². The summed E-state index contributed by atoms with van der Waals surface area (Å²) >= 11 is 3.23. The molecule has 0 bridgehead atoms. The van der Waals surface area contributed by atoms with Crippen molar-refractivity contribution in [2.45, 2.75) is 6.04 Å². The van der Waals surface area contributed by atoms with Crippen molar-refractivity contribution in [2.75, 3.05) is 20.3 Å². The van der Waals surface area contributed by atoms with E-state index in [-0.39, 0.29) is 13.2 Å². The predicted octanol–water partition coefficient (Wildman–Crippen LogP) is 0.395. The molecule has 21 heavy (non-hydrogen) atoms. The summed E-state index contributed by atoms with van der Waals surface area (Å²) in [5, 5.41) is 13.5. The minimum atomic E-state index is -1.21. The molecule has 0 heterocycles. The average molecular weight is 359 g/mol. The van der Waals surface area contributed by atoms with Gasteiger partial charge in [-0.25, -0.2) is 4.79 Å². The van der Waals surface area contributed by atoms with Crippen LogP contribution in [-0.4, -0.2) is 49.2 Å². The molecule has 1 unspecified atom stereocenters. The number of carboxylic acid groups (broad SMARTS) is 1. The molecule has 1 aromatic rings. The van der Waals surface area contributed by atoms with Crippen molar-refractivity contribution < 1.29 is 24.2 Å². The maximum absolute atomic E-state index is 11.9. The molecular weight excluding hydrogens is 344 g/mol. The Balaban J connectivity index is 2.51. The first-order chi connectivity index (χ1) is 9.95. The number of ether oxygens (including phenoxy) is 1. The molecular formula is C13H15BrN2O5. The van der Waals surface area contributed by atoms with E-state index in [1.54, 1.807) is 24.3 Å². The Kier molecular flexibility index (Phi) is 6.83. The van der Waals surface area contributed by atoms with Gasteiger partial charge in [0.25, 0.3) is 5.91 Å². The summed E-state index contributed by atoms with van der Waals surface area (Å²) in [4.78, 5) is 34.3. The quantitative estimate of drug-likeness (QED) is 0.654. The van der Waals surface area contributed by atoms with E-state index in [1.165, 1.54) is 7.11 Å². The van der Waals surface area contributed by atoms with Crippen LogP contribution in [0.25, 0.3) is 0 Å². The van der Waals surface area contributed by atoms with Gasteiger partial charge in [-0.05, 0) is 28.1 Å². The van der Waals surface area contributed by atoms with Gasteiger partial charge in [-0.2, -0.15) is 0 Å². The van der Waals surface area contributed by atoms with Crippen LogP contribution in [-0.2, 0) is 14.3 Å². The summed E-state index contributed by atoms with van der Waals surface area (Å²) < 4.78 is 5.29. The minimum absolute atomic E-state index is 0.154. The molecule has 0 aromatic heterocycles. The number of halogens is 1. The lowest BCUT2D eigenvalue weighted by Crippen LogP contribution is -2.47. The number of hydrogen-bond donors (Lipinski definition) is 3. The second-order valence-corrected chi connectivity index (χ2v) is 4.93. The summed E-state index contributed by atoms with van der Waals surface area (Å²) in [5.74, 6) is -2.25. The first-order valence-corrected chi connectivity index (χ1v) is 6.78. The number of methoxy groups -OCH3 is 1. The molecule has 1 atom stereocenters. The van der Waals surface area contributed by atoms with Gasteiger partial charge in [0.2, 0.25) is 5.91 Å². The van der Waals surface area contributed by atoms with E-state index < -0.39 is 23.8 Å². The van der Waals surface area contributed by atoms with Crippen molar-refractivity contribution in [3.63, 3.8) is 0 Å². The Morgan fingerprint density at radius 1 is 1.33 bits per heavy atom. The van der Waals surface area contributed by atoms with Gasteiger partial charge in [0.05, 0.1) is 18.7 Å². The highest BCUT2D eigenvalue weighted by Gasteiger charge is 2.20. The van der Waals surface area contributed by atoms with Crippen LogP contribution in [0.1, 0.15) is 10.4 Å². The summed E-state index contributed by atoms with van der Waals surface area (Å²) in [6.45, 7) is -0.479. The normalized spacial score (nSPS) is 11.5. The Bertz CT molecular complexity index is 535. The van der Waals surface area contributed by atoms with Crippen LogP contribution < -0.4 is 10.6 Å². The zero-order valence-corrected chi connectivity index (χ0v) is 12.8. The Hall–Kier alpha value is -1.93. The van der Waals surface area contributed by atoms with Gasteiger partial charge >= 0.3 is 5.97 Å². The van der Waals surface area contributed by atoms with Crippen LogP contribution in [0, 0.1) is 0 Å². The van der Waals surface area contributed by atoms with Gasteiger partial charge in [-0.1, -0.05) is 12.1 Å². The van der Waals surface area contributed by atoms with Gasteiger partial charge in [0.15, 0.2) is 6.04 Å². The second-order valence-electron chi connectivity index (χ2n) is 4.08. The predicted molar refractivity (Wildman–Crippen MR) is 77.9 cm³/mol. The molecule has 8 heteroatoms. The van der Waals surface area contributed by atoms with Crippen LogP contribution in [0.4, 0.5) is 0 Å². The summed E-state index contributed by atoms with van der Waals surface area (Å²) in [5.41, 5.74) is 0.386. The standard InChI is InChI=1S/C13H15BrN2O5/c1-21-7-10(13(19)20)16-11(17)6-15-12(18)8-4-2-3-5-9(8)14/h2-5,10H,6-7H2,1H3,(H,15,18)(H,16,17)(H,19,20). The second kappa shape index (κ2) is 8.38. The van der Waals surface area contributed by atoms with Crippen molar-refractivity contribution in [3.05, 3.63) is 34.3 Å². The molecule has 2 amide bonds. The van der Waals surface area contributed by atoms with E-state index in [4.69, 9.17) is 5.11 Å². The number of benzene rings is 1. The molecule has 0 saturated carbocycles. The van der Waals surface area contributed by atoms with Gasteiger partial charge in [-0.3, -0.25) is 9.59 Å². The third kappa shape index (κ3) is 5.52. The number of carbonyl (C=O) groups excluding carboxylic acids is 2. The third-order valence-corrected chi connectivity index (χ3v) is 3.19. The van der Waals surface area contributed by atoms with Crippen LogP contribution in [0.3, 0.4) is 0 Å². The number of hydrogen-bond acceptors (Lipinski definition) is 4. The van der Waals surface area contributed by atoms with Gasteiger partial charge in [-0.15, -0.1) is 0 Å². The van der Waals surface area contributed by atoms with Crippen LogP contribution in [0.2, 0.25) is 0 Å². The molecule has 1 rings (SSSR count). The Morgan fingerprint density at radius 3 is 2.57 bits per heavy atom. The molecule has 0 aliphatic carbocycles. The zero-order chi connectivity index (χ0) is 15.8. The van der Waals surface area contributed by atoms with Gasteiger partial charge in [0, 0.05) is 11.6 Å². The van der Waals surface area contributed by atoms with Crippen LogP contribution in [0.15, 0.2) is 28.7 Å². The molecule has 0 saturated heterocycles. The molecule has 3 N–H and O–H groups in total. The smallest absolute Gasteiger partial charge is 0.328 e. The fourth-order valence-electron chi connectivity index (χ4n) is 1.49.